The lowest BCUT2D eigenvalue weighted by Gasteiger charge is -2.42. The molecule has 2 aliphatic rings. The normalized spacial score (nSPS) is 13.1. The zero-order chi connectivity index (χ0) is 25.1. The van der Waals surface area contributed by atoms with Gasteiger partial charge in [-0.15, -0.1) is 0 Å². The van der Waals surface area contributed by atoms with E-state index in [2.05, 4.69) is 148 Å². The van der Waals surface area contributed by atoms with Crippen LogP contribution in [0.5, 0.6) is 0 Å². The highest BCUT2D eigenvalue weighted by Crippen LogP contribution is 2.43. The Morgan fingerprint density at radius 1 is 0.474 bits per heavy atom. The largest absolute Gasteiger partial charge is 0.311 e. The summed E-state index contributed by atoms with van der Waals surface area (Å²) >= 11 is 0. The number of nitrogens with zero attached hydrogens (tertiary/aromatic N) is 4. The van der Waals surface area contributed by atoms with Crippen LogP contribution >= 0.6 is 0 Å². The van der Waals surface area contributed by atoms with Crippen molar-refractivity contribution in [3.05, 3.63) is 140 Å². The predicted octanol–water partition coefficient (Wildman–Crippen LogP) is 5.95. The van der Waals surface area contributed by atoms with Gasteiger partial charge in [0.15, 0.2) is 0 Å². The molecule has 0 saturated carbocycles. The lowest BCUT2D eigenvalue weighted by atomic mass is 9.35. The molecule has 0 atom stereocenters. The van der Waals surface area contributed by atoms with Crippen molar-refractivity contribution in [1.82, 2.24) is 9.55 Å². The van der Waals surface area contributed by atoms with E-state index in [1.165, 1.54) is 28.0 Å². The molecule has 38 heavy (non-hydrogen) atoms. The Morgan fingerprint density at radius 2 is 1.00 bits per heavy atom. The Kier molecular flexibility index (Phi) is 4.58. The number of hydrogen-bond donors (Lipinski definition) is 0. The Morgan fingerprint density at radius 3 is 1.68 bits per heavy atom. The molecule has 5 aromatic carbocycles. The van der Waals surface area contributed by atoms with Gasteiger partial charge in [0.2, 0.25) is 0 Å². The molecular weight excluding hydrogens is 463 g/mol. The van der Waals surface area contributed by atoms with Gasteiger partial charge in [0, 0.05) is 34.1 Å². The summed E-state index contributed by atoms with van der Waals surface area (Å²) in [6.45, 7) is 0.0253. The van der Waals surface area contributed by atoms with Gasteiger partial charge in [0.05, 0.1) is 5.59 Å². The number of benzene rings is 5. The van der Waals surface area contributed by atoms with Crippen LogP contribution in [-0.4, -0.2) is 16.3 Å². The fourth-order valence-corrected chi connectivity index (χ4v) is 6.10. The molecule has 0 radical (unpaired) electrons. The smallest absolute Gasteiger partial charge is 0.277 e. The Bertz CT molecular complexity index is 1780. The minimum atomic E-state index is 0.0253. The van der Waals surface area contributed by atoms with Crippen LogP contribution < -0.4 is 26.3 Å². The molecule has 0 unspecified atom stereocenters. The number of fused-ring (bicyclic) bond motifs is 4. The maximum Gasteiger partial charge on any atom is 0.277 e. The molecule has 0 saturated heterocycles. The topological polar surface area (TPSA) is 24.3 Å². The first kappa shape index (κ1) is 21.1. The average molecular weight is 486 g/mol. The van der Waals surface area contributed by atoms with Gasteiger partial charge >= 0.3 is 0 Å². The van der Waals surface area contributed by atoms with Gasteiger partial charge in [-0.1, -0.05) is 78.9 Å². The van der Waals surface area contributed by atoms with E-state index in [1.54, 1.807) is 0 Å². The van der Waals surface area contributed by atoms with E-state index in [-0.39, 0.29) is 6.71 Å². The molecule has 0 amide bonds. The minimum absolute atomic E-state index is 0.0253. The summed E-state index contributed by atoms with van der Waals surface area (Å²) in [6, 6.07) is 47.2. The van der Waals surface area contributed by atoms with E-state index in [9.17, 15) is 0 Å². The first-order chi connectivity index (χ1) is 18.9. The number of hydrogen-bond acceptors (Lipinski definition) is 3. The van der Waals surface area contributed by atoms with Crippen molar-refractivity contribution in [2.45, 2.75) is 0 Å². The second-order valence-electron chi connectivity index (χ2n) is 9.70. The summed E-state index contributed by atoms with van der Waals surface area (Å²) < 4.78 is 2.23. The van der Waals surface area contributed by atoms with E-state index in [1.807, 2.05) is 6.33 Å². The van der Waals surface area contributed by atoms with E-state index < -0.39 is 0 Å². The van der Waals surface area contributed by atoms with Crippen molar-refractivity contribution in [2.24, 2.45) is 0 Å². The summed E-state index contributed by atoms with van der Waals surface area (Å²) in [6.07, 6.45) is 1.98. The maximum absolute atomic E-state index is 5.13. The molecule has 1 aromatic heterocycles. The van der Waals surface area contributed by atoms with Gasteiger partial charge < -0.3 is 4.90 Å². The average Bonchev–Trinajstić information content (AvgIpc) is 3.43. The first-order valence-electron chi connectivity index (χ1n) is 12.9. The predicted molar refractivity (Wildman–Crippen MR) is 158 cm³/mol. The van der Waals surface area contributed by atoms with Crippen LogP contribution in [0.4, 0.5) is 34.3 Å². The third kappa shape index (κ3) is 2.96. The summed E-state index contributed by atoms with van der Waals surface area (Å²) in [5.41, 5.74) is 10.5. The third-order valence-corrected chi connectivity index (χ3v) is 7.64. The summed E-state index contributed by atoms with van der Waals surface area (Å²) in [5.74, 6) is 1.08. The van der Waals surface area contributed by atoms with Gasteiger partial charge in [-0.05, 0) is 65.5 Å². The van der Waals surface area contributed by atoms with Crippen LogP contribution in [0.15, 0.2) is 140 Å². The van der Waals surface area contributed by atoms with E-state index in [0.717, 1.165) is 28.5 Å². The van der Waals surface area contributed by atoms with Crippen molar-refractivity contribution in [3.8, 4) is 5.69 Å². The van der Waals surface area contributed by atoms with Crippen LogP contribution in [0.3, 0.4) is 0 Å². The van der Waals surface area contributed by atoms with E-state index in [0.29, 0.717) is 0 Å². The molecule has 0 spiro atoms. The molecule has 178 valence electrons. The molecule has 6 aromatic rings. The zero-order valence-corrected chi connectivity index (χ0v) is 20.6. The van der Waals surface area contributed by atoms with Crippen LogP contribution in [-0.2, 0) is 0 Å². The SMILES string of the molecule is c1ccc(N2c3ccccc3B3c4ncn(-c5ccccc5)c4N(c4ccccc4)c4cccc2c43)cc1. The van der Waals surface area contributed by atoms with Crippen LogP contribution in [0.2, 0.25) is 0 Å². The summed E-state index contributed by atoms with van der Waals surface area (Å²) in [7, 11) is 0. The fraction of sp³-hybridized carbons (Fsp3) is 0. The second kappa shape index (κ2) is 8.25. The molecule has 0 bridgehead atoms. The highest BCUT2D eigenvalue weighted by molar-refractivity contribution is 6.99. The zero-order valence-electron chi connectivity index (χ0n) is 20.6. The number of anilines is 6. The molecular formula is C33H23BN4. The Labute approximate surface area is 222 Å². The lowest BCUT2D eigenvalue weighted by molar-refractivity contribution is 1.03. The van der Waals surface area contributed by atoms with E-state index in [4.69, 9.17) is 4.98 Å². The summed E-state index contributed by atoms with van der Waals surface area (Å²) in [5, 5.41) is 0. The fourth-order valence-electron chi connectivity index (χ4n) is 6.10. The number of aromatic nitrogens is 2. The van der Waals surface area contributed by atoms with Gasteiger partial charge in [-0.3, -0.25) is 9.47 Å². The number of para-hydroxylation sites is 4. The molecule has 5 heteroatoms. The monoisotopic (exact) mass is 486 g/mol. The lowest BCUT2D eigenvalue weighted by Crippen LogP contribution is -2.61. The third-order valence-electron chi connectivity index (χ3n) is 7.64. The highest BCUT2D eigenvalue weighted by Gasteiger charge is 2.45. The molecule has 8 rings (SSSR count). The van der Waals surface area contributed by atoms with Gasteiger partial charge in [0.25, 0.3) is 6.71 Å². The highest BCUT2D eigenvalue weighted by atomic mass is 15.3. The second-order valence-corrected chi connectivity index (χ2v) is 9.70. The Hall–Kier alpha value is -5.03. The molecule has 2 aliphatic heterocycles. The number of rotatable bonds is 3. The van der Waals surface area contributed by atoms with Gasteiger partial charge in [-0.25, -0.2) is 4.98 Å². The molecule has 4 nitrogen and oxygen atoms in total. The molecule has 0 aliphatic carbocycles. The van der Waals surface area contributed by atoms with Crippen molar-refractivity contribution in [1.29, 1.82) is 0 Å². The molecule has 0 fully saturated rings. The minimum Gasteiger partial charge on any atom is -0.311 e. The first-order valence-corrected chi connectivity index (χ1v) is 12.9. The Balaban J connectivity index is 1.47. The van der Waals surface area contributed by atoms with Crippen LogP contribution in [0.25, 0.3) is 5.69 Å². The van der Waals surface area contributed by atoms with Gasteiger partial charge in [0.1, 0.15) is 12.1 Å². The van der Waals surface area contributed by atoms with Crippen molar-refractivity contribution in [3.63, 3.8) is 0 Å². The standard InChI is InChI=1S/C33H23BN4/c1-4-13-24(14-5-1)36-23-35-32-33(36)38(26-17-8-3-9-18-26)30-22-12-21-29-31(30)34(32)27-19-10-11-20-28(27)37(29)25-15-6-2-7-16-25/h1-23H. The number of imidazole rings is 1. The molecule has 3 heterocycles. The maximum atomic E-state index is 5.13. The van der Waals surface area contributed by atoms with E-state index >= 15 is 0 Å². The van der Waals surface area contributed by atoms with Crippen molar-refractivity contribution in [2.75, 3.05) is 9.80 Å². The molecule has 0 N–H and O–H groups in total. The van der Waals surface area contributed by atoms with Crippen molar-refractivity contribution < 1.29 is 0 Å². The quantitative estimate of drug-likeness (QED) is 0.288. The summed E-state index contributed by atoms with van der Waals surface area (Å²) in [4.78, 5) is 9.91. The van der Waals surface area contributed by atoms with Crippen molar-refractivity contribution >= 4 is 57.5 Å². The van der Waals surface area contributed by atoms with Gasteiger partial charge in [-0.2, -0.15) is 0 Å². The van der Waals surface area contributed by atoms with Crippen LogP contribution in [0.1, 0.15) is 0 Å². The van der Waals surface area contributed by atoms with Crippen LogP contribution in [0, 0.1) is 0 Å².